The Hall–Kier alpha value is -3.15. The third-order valence-electron chi connectivity index (χ3n) is 3.31. The average molecular weight is 294 g/mol. The first-order chi connectivity index (χ1) is 10.6. The molecule has 0 saturated heterocycles. The SMILES string of the molecule is NC(=O)c1ccc(CNC(=O)c2cc3ccccc3[nH]2)nc1. The molecule has 22 heavy (non-hydrogen) atoms. The number of rotatable bonds is 4. The Morgan fingerprint density at radius 3 is 2.68 bits per heavy atom. The second-order valence-corrected chi connectivity index (χ2v) is 4.86. The standard InChI is InChI=1S/C16H14N4O2/c17-15(21)11-5-6-12(18-8-11)9-19-16(22)14-7-10-3-1-2-4-13(10)20-14/h1-8,20H,9H2,(H2,17,21)(H,19,22). The van der Waals surface area contributed by atoms with Crippen molar-refractivity contribution < 1.29 is 9.59 Å². The molecule has 0 radical (unpaired) electrons. The van der Waals surface area contributed by atoms with Gasteiger partial charge < -0.3 is 16.0 Å². The van der Waals surface area contributed by atoms with Crippen LogP contribution in [-0.2, 0) is 6.54 Å². The lowest BCUT2D eigenvalue weighted by Gasteiger charge is -2.03. The lowest BCUT2D eigenvalue weighted by Crippen LogP contribution is -2.23. The van der Waals surface area contributed by atoms with Crippen molar-refractivity contribution >= 4 is 22.7 Å². The maximum atomic E-state index is 12.1. The van der Waals surface area contributed by atoms with Crippen molar-refractivity contribution in [2.75, 3.05) is 0 Å². The van der Waals surface area contributed by atoms with Crippen LogP contribution in [0.4, 0.5) is 0 Å². The highest BCUT2D eigenvalue weighted by Gasteiger charge is 2.09. The van der Waals surface area contributed by atoms with Crippen molar-refractivity contribution in [1.82, 2.24) is 15.3 Å². The van der Waals surface area contributed by atoms with Gasteiger partial charge in [-0.2, -0.15) is 0 Å². The van der Waals surface area contributed by atoms with Crippen LogP contribution >= 0.6 is 0 Å². The molecule has 0 saturated carbocycles. The molecule has 2 amide bonds. The highest BCUT2D eigenvalue weighted by molar-refractivity contribution is 5.98. The van der Waals surface area contributed by atoms with Crippen LogP contribution in [0.15, 0.2) is 48.7 Å². The molecule has 0 atom stereocenters. The lowest BCUT2D eigenvalue weighted by atomic mass is 10.2. The fraction of sp³-hybridized carbons (Fsp3) is 0.0625. The molecule has 0 aliphatic carbocycles. The first-order valence-electron chi connectivity index (χ1n) is 6.74. The van der Waals surface area contributed by atoms with E-state index in [4.69, 9.17) is 5.73 Å². The number of carbonyl (C=O) groups excluding carboxylic acids is 2. The summed E-state index contributed by atoms with van der Waals surface area (Å²) in [7, 11) is 0. The second-order valence-electron chi connectivity index (χ2n) is 4.86. The predicted molar refractivity (Wildman–Crippen MR) is 82.2 cm³/mol. The van der Waals surface area contributed by atoms with Gasteiger partial charge in [0.2, 0.25) is 5.91 Å². The van der Waals surface area contributed by atoms with Gasteiger partial charge in [-0.05, 0) is 24.3 Å². The van der Waals surface area contributed by atoms with Crippen LogP contribution in [-0.4, -0.2) is 21.8 Å². The zero-order chi connectivity index (χ0) is 15.5. The number of H-pyrrole nitrogens is 1. The lowest BCUT2D eigenvalue weighted by molar-refractivity contribution is 0.0944. The van der Waals surface area contributed by atoms with Gasteiger partial charge in [0.15, 0.2) is 0 Å². The van der Waals surface area contributed by atoms with Gasteiger partial charge in [0.1, 0.15) is 5.69 Å². The minimum Gasteiger partial charge on any atom is -0.366 e. The molecule has 4 N–H and O–H groups in total. The number of aromatic nitrogens is 2. The minimum absolute atomic E-state index is 0.211. The molecule has 0 aliphatic rings. The zero-order valence-corrected chi connectivity index (χ0v) is 11.7. The van der Waals surface area contributed by atoms with E-state index in [1.165, 1.54) is 6.20 Å². The minimum atomic E-state index is -0.527. The van der Waals surface area contributed by atoms with Crippen molar-refractivity contribution in [1.29, 1.82) is 0 Å². The number of nitrogens with one attached hydrogen (secondary N) is 2. The number of amides is 2. The van der Waals surface area contributed by atoms with E-state index in [2.05, 4.69) is 15.3 Å². The number of hydrogen-bond acceptors (Lipinski definition) is 3. The van der Waals surface area contributed by atoms with Gasteiger partial charge in [-0.15, -0.1) is 0 Å². The molecule has 0 fully saturated rings. The summed E-state index contributed by atoms with van der Waals surface area (Å²) in [5.41, 5.74) is 7.54. The molecule has 2 heterocycles. The Kier molecular flexibility index (Phi) is 3.57. The number of pyridine rings is 1. The normalized spacial score (nSPS) is 10.5. The monoisotopic (exact) mass is 294 g/mol. The van der Waals surface area contributed by atoms with E-state index in [1.807, 2.05) is 24.3 Å². The van der Waals surface area contributed by atoms with Crippen molar-refractivity contribution in [3.8, 4) is 0 Å². The van der Waals surface area contributed by atoms with E-state index >= 15 is 0 Å². The van der Waals surface area contributed by atoms with Crippen molar-refractivity contribution in [3.63, 3.8) is 0 Å². The van der Waals surface area contributed by atoms with Gasteiger partial charge in [0.05, 0.1) is 17.8 Å². The number of aromatic amines is 1. The number of primary amides is 1. The van der Waals surface area contributed by atoms with E-state index in [9.17, 15) is 9.59 Å². The number of para-hydroxylation sites is 1. The van der Waals surface area contributed by atoms with Crippen LogP contribution in [0.25, 0.3) is 10.9 Å². The van der Waals surface area contributed by atoms with Gasteiger partial charge in [-0.25, -0.2) is 0 Å². The first kappa shape index (κ1) is 13.8. The summed E-state index contributed by atoms with van der Waals surface area (Å²) in [5, 5.41) is 3.76. The van der Waals surface area contributed by atoms with Crippen LogP contribution < -0.4 is 11.1 Å². The van der Waals surface area contributed by atoms with Gasteiger partial charge in [-0.1, -0.05) is 18.2 Å². The van der Waals surface area contributed by atoms with Crippen LogP contribution in [0, 0.1) is 0 Å². The van der Waals surface area contributed by atoms with Gasteiger partial charge in [0, 0.05) is 17.1 Å². The van der Waals surface area contributed by atoms with Crippen molar-refractivity contribution in [3.05, 3.63) is 65.6 Å². The predicted octanol–water partition coefficient (Wildman–Crippen LogP) is 1.59. The molecule has 1 aromatic carbocycles. The molecular weight excluding hydrogens is 280 g/mol. The largest absolute Gasteiger partial charge is 0.366 e. The number of benzene rings is 1. The van der Waals surface area contributed by atoms with E-state index in [1.54, 1.807) is 18.2 Å². The third-order valence-corrected chi connectivity index (χ3v) is 3.31. The topological polar surface area (TPSA) is 101 Å². The number of hydrogen-bond donors (Lipinski definition) is 3. The van der Waals surface area contributed by atoms with Crippen LogP contribution in [0.1, 0.15) is 26.5 Å². The molecule has 110 valence electrons. The van der Waals surface area contributed by atoms with E-state index < -0.39 is 5.91 Å². The van der Waals surface area contributed by atoms with Crippen LogP contribution in [0.2, 0.25) is 0 Å². The number of carbonyl (C=O) groups is 2. The number of nitrogens with two attached hydrogens (primary N) is 1. The van der Waals surface area contributed by atoms with Crippen LogP contribution in [0.3, 0.4) is 0 Å². The smallest absolute Gasteiger partial charge is 0.268 e. The van der Waals surface area contributed by atoms with Crippen molar-refractivity contribution in [2.45, 2.75) is 6.54 Å². The molecule has 0 bridgehead atoms. The summed E-state index contributed by atoms with van der Waals surface area (Å²) in [6, 6.07) is 12.7. The zero-order valence-electron chi connectivity index (χ0n) is 11.7. The molecule has 0 spiro atoms. The van der Waals surface area contributed by atoms with Crippen LogP contribution in [0.5, 0.6) is 0 Å². The maximum Gasteiger partial charge on any atom is 0.268 e. The fourth-order valence-corrected chi connectivity index (χ4v) is 2.14. The van der Waals surface area contributed by atoms with Gasteiger partial charge >= 0.3 is 0 Å². The van der Waals surface area contributed by atoms with Gasteiger partial charge in [-0.3, -0.25) is 14.6 Å². The fourth-order valence-electron chi connectivity index (χ4n) is 2.14. The number of fused-ring (bicyclic) bond motifs is 1. The first-order valence-corrected chi connectivity index (χ1v) is 6.74. The maximum absolute atomic E-state index is 12.1. The molecule has 0 unspecified atom stereocenters. The molecule has 3 aromatic rings. The molecule has 0 aliphatic heterocycles. The van der Waals surface area contributed by atoms with Crippen molar-refractivity contribution in [2.24, 2.45) is 5.73 Å². The summed E-state index contributed by atoms with van der Waals surface area (Å²) in [5.74, 6) is -0.738. The molecule has 6 heteroatoms. The van der Waals surface area contributed by atoms with E-state index in [0.717, 1.165) is 10.9 Å². The number of nitrogens with zero attached hydrogens (tertiary/aromatic N) is 1. The molecule has 3 rings (SSSR count). The Morgan fingerprint density at radius 1 is 1.18 bits per heavy atom. The summed E-state index contributed by atoms with van der Waals surface area (Å²) in [4.78, 5) is 30.2. The van der Waals surface area contributed by atoms with E-state index in [-0.39, 0.29) is 12.5 Å². The summed E-state index contributed by atoms with van der Waals surface area (Å²) >= 11 is 0. The highest BCUT2D eigenvalue weighted by atomic mass is 16.2. The van der Waals surface area contributed by atoms with E-state index in [0.29, 0.717) is 17.0 Å². The molecule has 6 nitrogen and oxygen atoms in total. The summed E-state index contributed by atoms with van der Waals surface area (Å²) < 4.78 is 0. The Labute approximate surface area is 126 Å². The quantitative estimate of drug-likeness (QED) is 0.681. The average Bonchev–Trinajstić information content (AvgIpc) is 2.97. The summed E-state index contributed by atoms with van der Waals surface area (Å²) in [6.07, 6.45) is 1.40. The highest BCUT2D eigenvalue weighted by Crippen LogP contribution is 2.14. The third kappa shape index (κ3) is 2.80. The second kappa shape index (κ2) is 5.69. The van der Waals surface area contributed by atoms with Gasteiger partial charge in [0.25, 0.3) is 5.91 Å². The Morgan fingerprint density at radius 2 is 2.00 bits per heavy atom. The Bertz CT molecular complexity index is 804. The Balaban J connectivity index is 1.67. The molecule has 2 aromatic heterocycles. The molecular formula is C16H14N4O2. The summed E-state index contributed by atoms with van der Waals surface area (Å²) in [6.45, 7) is 0.271.